The van der Waals surface area contributed by atoms with Crippen LogP contribution in [0.25, 0.3) is 10.1 Å². The molecule has 0 aliphatic rings. The Morgan fingerprint density at radius 3 is 2.43 bits per heavy atom. The van der Waals surface area contributed by atoms with Crippen LogP contribution >= 0.6 is 11.5 Å². The average Bonchev–Trinajstić information content (AvgIpc) is 3.22. The predicted molar refractivity (Wildman–Crippen MR) is 121 cm³/mol. The van der Waals surface area contributed by atoms with Gasteiger partial charge in [0.2, 0.25) is 0 Å². The highest BCUT2D eigenvalue weighted by molar-refractivity contribution is 7.13. The lowest BCUT2D eigenvalue weighted by molar-refractivity contribution is 0.0952. The lowest BCUT2D eigenvalue weighted by Gasteiger charge is -2.15. The molecule has 1 heterocycles. The van der Waals surface area contributed by atoms with E-state index in [1.54, 1.807) is 24.3 Å². The third-order valence-electron chi connectivity index (χ3n) is 4.95. The van der Waals surface area contributed by atoms with Crippen molar-refractivity contribution in [2.45, 2.75) is 12.8 Å². The molecule has 2 amide bonds. The van der Waals surface area contributed by atoms with Crippen molar-refractivity contribution in [3.63, 3.8) is 0 Å². The third kappa shape index (κ3) is 4.23. The summed E-state index contributed by atoms with van der Waals surface area (Å²) in [6.07, 6.45) is 0. The molecule has 0 radical (unpaired) electrons. The van der Waals surface area contributed by atoms with Crippen LogP contribution in [0.15, 0.2) is 78.9 Å². The fourth-order valence-corrected chi connectivity index (χ4v) is 4.04. The van der Waals surface area contributed by atoms with E-state index in [0.717, 1.165) is 15.6 Å². The van der Waals surface area contributed by atoms with Gasteiger partial charge in [-0.15, -0.1) is 0 Å². The number of para-hydroxylation sites is 1. The van der Waals surface area contributed by atoms with Crippen LogP contribution in [0.1, 0.15) is 39.3 Å². The Morgan fingerprint density at radius 1 is 0.900 bits per heavy atom. The first-order chi connectivity index (χ1) is 14.6. The number of nitrogens with zero attached hydrogens (tertiary/aromatic N) is 1. The van der Waals surface area contributed by atoms with Crippen molar-refractivity contribution in [3.05, 3.63) is 95.7 Å². The molecule has 30 heavy (non-hydrogen) atoms. The van der Waals surface area contributed by atoms with Gasteiger partial charge in [-0.05, 0) is 41.2 Å². The van der Waals surface area contributed by atoms with Crippen LogP contribution in [-0.2, 0) is 0 Å². The van der Waals surface area contributed by atoms with Crippen molar-refractivity contribution in [2.75, 3.05) is 11.9 Å². The van der Waals surface area contributed by atoms with Crippen LogP contribution in [-0.4, -0.2) is 22.7 Å². The number of hydrogen-bond donors (Lipinski definition) is 2. The number of hydrogen-bond acceptors (Lipinski definition) is 4. The van der Waals surface area contributed by atoms with Crippen LogP contribution in [0.2, 0.25) is 0 Å². The second kappa shape index (κ2) is 8.88. The highest BCUT2D eigenvalue weighted by atomic mass is 32.1. The number of carbonyl (C=O) groups excluding carboxylic acids is 2. The molecular weight excluding hydrogens is 394 g/mol. The molecule has 0 fully saturated rings. The summed E-state index contributed by atoms with van der Waals surface area (Å²) in [5.41, 5.74) is 2.41. The lowest BCUT2D eigenvalue weighted by Crippen LogP contribution is -2.28. The fraction of sp³-hybridized carbons (Fsp3) is 0.125. The number of amides is 2. The first-order valence-corrected chi connectivity index (χ1v) is 10.5. The number of nitrogens with one attached hydrogen (secondary N) is 2. The summed E-state index contributed by atoms with van der Waals surface area (Å²) in [7, 11) is 0. The van der Waals surface area contributed by atoms with Gasteiger partial charge < -0.3 is 10.6 Å². The van der Waals surface area contributed by atoms with Crippen LogP contribution in [0, 0.1) is 0 Å². The summed E-state index contributed by atoms with van der Waals surface area (Å²) >= 11 is 1.28. The van der Waals surface area contributed by atoms with Crippen LogP contribution in [0.3, 0.4) is 0 Å². The summed E-state index contributed by atoms with van der Waals surface area (Å²) < 4.78 is 5.24. The topological polar surface area (TPSA) is 71.1 Å². The van der Waals surface area contributed by atoms with Gasteiger partial charge in [-0.3, -0.25) is 9.59 Å². The van der Waals surface area contributed by atoms with Crippen molar-refractivity contribution in [2.24, 2.45) is 0 Å². The Balaban J connectivity index is 1.48. The molecule has 0 saturated carbocycles. The zero-order valence-electron chi connectivity index (χ0n) is 16.5. The maximum atomic E-state index is 12.8. The SMILES string of the molecule is C[C@H](CNC(=O)c1ccccc1NC(=O)c1nsc2ccccc12)c1ccccc1. The Morgan fingerprint density at radius 2 is 1.60 bits per heavy atom. The summed E-state index contributed by atoms with van der Waals surface area (Å²) in [6, 6.07) is 24.6. The first kappa shape index (κ1) is 19.8. The Kier molecular flexibility index (Phi) is 5.86. The van der Waals surface area contributed by atoms with Gasteiger partial charge in [0, 0.05) is 11.9 Å². The van der Waals surface area contributed by atoms with Crippen LogP contribution in [0.5, 0.6) is 0 Å². The van der Waals surface area contributed by atoms with Gasteiger partial charge in [-0.25, -0.2) is 0 Å². The average molecular weight is 416 g/mol. The second-order valence-electron chi connectivity index (χ2n) is 7.05. The number of rotatable bonds is 6. The van der Waals surface area contributed by atoms with Gasteiger partial charge in [0.1, 0.15) is 5.69 Å². The number of carbonyl (C=O) groups is 2. The predicted octanol–water partition coefficient (Wildman–Crippen LogP) is 5.08. The maximum Gasteiger partial charge on any atom is 0.276 e. The molecule has 0 aliphatic heterocycles. The Hall–Kier alpha value is -3.51. The largest absolute Gasteiger partial charge is 0.351 e. The summed E-state index contributed by atoms with van der Waals surface area (Å²) in [4.78, 5) is 25.6. The minimum atomic E-state index is -0.328. The van der Waals surface area contributed by atoms with Gasteiger partial charge >= 0.3 is 0 Å². The van der Waals surface area contributed by atoms with E-state index in [9.17, 15) is 9.59 Å². The van der Waals surface area contributed by atoms with Gasteiger partial charge in [0.25, 0.3) is 11.8 Å². The lowest BCUT2D eigenvalue weighted by atomic mass is 10.0. The smallest absolute Gasteiger partial charge is 0.276 e. The molecule has 0 unspecified atom stereocenters. The standard InChI is InChI=1S/C24H21N3O2S/c1-16(17-9-3-2-4-10-17)15-25-23(28)18-11-5-7-13-20(18)26-24(29)22-19-12-6-8-14-21(19)30-27-22/h2-14,16H,15H2,1H3,(H,25,28)(H,26,29)/t16-/m1/s1. The van der Waals surface area contributed by atoms with E-state index in [1.165, 1.54) is 11.5 Å². The summed E-state index contributed by atoms with van der Waals surface area (Å²) in [5.74, 6) is -0.375. The molecule has 0 bridgehead atoms. The van der Waals surface area contributed by atoms with E-state index in [2.05, 4.69) is 21.9 Å². The molecule has 2 N–H and O–H groups in total. The zero-order chi connectivity index (χ0) is 20.9. The molecule has 5 nitrogen and oxygen atoms in total. The summed E-state index contributed by atoms with van der Waals surface area (Å²) in [6.45, 7) is 2.57. The molecular formula is C24H21N3O2S. The Labute approximate surface area is 178 Å². The normalized spacial score (nSPS) is 11.8. The second-order valence-corrected chi connectivity index (χ2v) is 7.85. The fourth-order valence-electron chi connectivity index (χ4n) is 3.26. The highest BCUT2D eigenvalue weighted by Gasteiger charge is 2.18. The van der Waals surface area contributed by atoms with E-state index in [0.29, 0.717) is 23.5 Å². The monoisotopic (exact) mass is 415 g/mol. The molecule has 6 heteroatoms. The maximum absolute atomic E-state index is 12.8. The van der Waals surface area contributed by atoms with Crippen molar-refractivity contribution in [3.8, 4) is 0 Å². The molecule has 3 aromatic carbocycles. The minimum Gasteiger partial charge on any atom is -0.351 e. The van der Waals surface area contributed by atoms with E-state index in [4.69, 9.17) is 0 Å². The molecule has 1 aromatic heterocycles. The Bertz CT molecular complexity index is 1190. The molecule has 0 aliphatic carbocycles. The van der Waals surface area contributed by atoms with E-state index >= 15 is 0 Å². The number of benzene rings is 3. The molecule has 150 valence electrons. The van der Waals surface area contributed by atoms with E-state index < -0.39 is 0 Å². The van der Waals surface area contributed by atoms with Crippen molar-refractivity contribution in [1.29, 1.82) is 0 Å². The summed E-state index contributed by atoms with van der Waals surface area (Å²) in [5, 5.41) is 6.63. The minimum absolute atomic E-state index is 0.179. The van der Waals surface area contributed by atoms with Gasteiger partial charge in [-0.1, -0.05) is 67.6 Å². The van der Waals surface area contributed by atoms with Crippen LogP contribution in [0.4, 0.5) is 5.69 Å². The van der Waals surface area contributed by atoms with Gasteiger partial charge in [-0.2, -0.15) is 4.37 Å². The molecule has 0 saturated heterocycles. The third-order valence-corrected chi connectivity index (χ3v) is 5.78. The van der Waals surface area contributed by atoms with Gasteiger partial charge in [0.15, 0.2) is 0 Å². The first-order valence-electron chi connectivity index (χ1n) is 9.71. The van der Waals surface area contributed by atoms with Gasteiger partial charge in [0.05, 0.1) is 16.0 Å². The molecule has 0 spiro atoms. The number of aromatic nitrogens is 1. The zero-order valence-corrected chi connectivity index (χ0v) is 17.3. The van der Waals surface area contributed by atoms with E-state index in [1.807, 2.05) is 54.6 Å². The van der Waals surface area contributed by atoms with E-state index in [-0.39, 0.29) is 17.7 Å². The highest BCUT2D eigenvalue weighted by Crippen LogP contribution is 2.24. The molecule has 4 aromatic rings. The molecule has 1 atom stereocenters. The quantitative estimate of drug-likeness (QED) is 0.461. The number of anilines is 1. The van der Waals surface area contributed by atoms with Crippen molar-refractivity contribution >= 4 is 39.1 Å². The van der Waals surface area contributed by atoms with Crippen LogP contribution < -0.4 is 10.6 Å². The molecule has 4 rings (SSSR count). The number of fused-ring (bicyclic) bond motifs is 1. The van der Waals surface area contributed by atoms with Crippen molar-refractivity contribution in [1.82, 2.24) is 9.69 Å². The van der Waals surface area contributed by atoms with Crippen molar-refractivity contribution < 1.29 is 9.59 Å².